The van der Waals surface area contributed by atoms with Gasteiger partial charge in [0, 0.05) is 5.54 Å². The van der Waals surface area contributed by atoms with Crippen molar-refractivity contribution in [2.24, 2.45) is 51.6 Å². The van der Waals surface area contributed by atoms with E-state index in [1.54, 1.807) is 0 Å². The van der Waals surface area contributed by atoms with Gasteiger partial charge in [0.15, 0.2) is 0 Å². The summed E-state index contributed by atoms with van der Waals surface area (Å²) >= 11 is 0. The van der Waals surface area contributed by atoms with Gasteiger partial charge in [-0.15, -0.1) is 0 Å². The smallest absolute Gasteiger partial charge is 0.0162 e. The maximum Gasteiger partial charge on any atom is 0.0162 e. The lowest BCUT2D eigenvalue weighted by atomic mass is 9.63. The fraction of sp³-hybridized carbons (Fsp3) is 0.943. The lowest BCUT2D eigenvalue weighted by Gasteiger charge is -2.45. The quantitative estimate of drug-likeness (QED) is 0.173. The van der Waals surface area contributed by atoms with Crippen molar-refractivity contribution in [3.8, 4) is 0 Å². The van der Waals surface area contributed by atoms with Crippen LogP contribution in [0.2, 0.25) is 0 Å². The number of hydrogen-bond acceptors (Lipinski definition) is 1. The molecule has 0 heterocycles. The standard InChI is InChI=1S/C35H71N/c1-15-20-32(8,9)25-34(12,13)24-31(18-17-29(6)23-28(5)16-2)35(14,36)26-33(10,11)21-19-30(7)22-27(3)4/h19,21,27-31H,15-18,20,22-26,36H2,1-14H3/b21-19-. The maximum atomic E-state index is 7.34. The highest BCUT2D eigenvalue weighted by Crippen LogP contribution is 2.45. The Kier molecular flexibility index (Phi) is 15.2. The van der Waals surface area contributed by atoms with Crippen molar-refractivity contribution in [2.45, 2.75) is 167 Å². The molecule has 0 amide bonds. The van der Waals surface area contributed by atoms with Crippen LogP contribution in [0.1, 0.15) is 161 Å². The normalized spacial score (nSPS) is 18.9. The molecule has 36 heavy (non-hydrogen) atoms. The van der Waals surface area contributed by atoms with Crippen molar-refractivity contribution < 1.29 is 0 Å². The fourth-order valence-corrected chi connectivity index (χ4v) is 7.35. The van der Waals surface area contributed by atoms with Crippen LogP contribution < -0.4 is 5.73 Å². The number of nitrogens with two attached hydrogens (primary N) is 1. The molecular formula is C35H71N. The minimum absolute atomic E-state index is 0.112. The Labute approximate surface area is 230 Å². The molecule has 0 saturated heterocycles. The second-order valence-corrected chi connectivity index (χ2v) is 16.2. The van der Waals surface area contributed by atoms with Gasteiger partial charge < -0.3 is 5.73 Å². The summed E-state index contributed by atoms with van der Waals surface area (Å²) in [4.78, 5) is 0. The van der Waals surface area contributed by atoms with E-state index in [0.29, 0.717) is 22.7 Å². The van der Waals surface area contributed by atoms with E-state index in [1.807, 2.05) is 0 Å². The first-order valence-corrected chi connectivity index (χ1v) is 15.7. The fourth-order valence-electron chi connectivity index (χ4n) is 7.35. The van der Waals surface area contributed by atoms with Gasteiger partial charge in [-0.3, -0.25) is 0 Å². The second-order valence-electron chi connectivity index (χ2n) is 16.2. The Balaban J connectivity index is 5.71. The van der Waals surface area contributed by atoms with Gasteiger partial charge in [-0.05, 0) is 97.7 Å². The third-order valence-electron chi connectivity index (χ3n) is 8.68. The summed E-state index contributed by atoms with van der Waals surface area (Å²) in [5.74, 6) is 3.53. The molecule has 5 atom stereocenters. The Bertz CT molecular complexity index is 606. The summed E-state index contributed by atoms with van der Waals surface area (Å²) < 4.78 is 0. The molecule has 0 fully saturated rings. The van der Waals surface area contributed by atoms with Crippen LogP contribution in [-0.2, 0) is 0 Å². The average Bonchev–Trinajstić information content (AvgIpc) is 2.67. The highest BCUT2D eigenvalue weighted by atomic mass is 14.8. The van der Waals surface area contributed by atoms with E-state index in [0.717, 1.165) is 24.2 Å². The predicted octanol–water partition coefficient (Wildman–Crippen LogP) is 11.5. The topological polar surface area (TPSA) is 26.0 Å². The van der Waals surface area contributed by atoms with Gasteiger partial charge >= 0.3 is 0 Å². The molecule has 0 bridgehead atoms. The summed E-state index contributed by atoms with van der Waals surface area (Å²) in [6.45, 7) is 33.7. The molecule has 0 radical (unpaired) electrons. The summed E-state index contributed by atoms with van der Waals surface area (Å²) in [5.41, 5.74) is 7.98. The lowest BCUT2D eigenvalue weighted by Crippen LogP contribution is -2.49. The van der Waals surface area contributed by atoms with E-state index in [1.165, 1.54) is 57.8 Å². The number of rotatable bonds is 19. The zero-order chi connectivity index (χ0) is 28.4. The van der Waals surface area contributed by atoms with E-state index >= 15 is 0 Å². The van der Waals surface area contributed by atoms with Crippen molar-refractivity contribution in [1.29, 1.82) is 0 Å². The highest BCUT2D eigenvalue weighted by Gasteiger charge is 2.39. The Hall–Kier alpha value is -0.300. The SMILES string of the molecule is CCCC(C)(C)CC(C)(C)CC(CCC(C)CC(C)CC)C(C)(N)CC(C)(C)/C=C\C(C)CC(C)C. The summed E-state index contributed by atoms with van der Waals surface area (Å²) in [5, 5.41) is 0. The average molecular weight is 506 g/mol. The minimum Gasteiger partial charge on any atom is -0.325 e. The zero-order valence-electron chi connectivity index (χ0n) is 27.7. The van der Waals surface area contributed by atoms with E-state index in [4.69, 9.17) is 5.73 Å². The van der Waals surface area contributed by atoms with E-state index in [2.05, 4.69) is 109 Å². The molecule has 0 saturated carbocycles. The molecule has 0 aromatic heterocycles. The van der Waals surface area contributed by atoms with E-state index < -0.39 is 0 Å². The molecule has 5 unspecified atom stereocenters. The molecule has 0 aliphatic heterocycles. The van der Waals surface area contributed by atoms with Crippen molar-refractivity contribution in [3.63, 3.8) is 0 Å². The van der Waals surface area contributed by atoms with Gasteiger partial charge in [0.25, 0.3) is 0 Å². The van der Waals surface area contributed by atoms with Crippen molar-refractivity contribution in [2.75, 3.05) is 0 Å². The molecule has 1 nitrogen and oxygen atoms in total. The second kappa shape index (κ2) is 15.3. The molecule has 0 spiro atoms. The highest BCUT2D eigenvalue weighted by molar-refractivity contribution is 5.03. The zero-order valence-corrected chi connectivity index (χ0v) is 27.7. The molecule has 1 heteroatoms. The minimum atomic E-state index is -0.169. The lowest BCUT2D eigenvalue weighted by molar-refractivity contribution is 0.0986. The van der Waals surface area contributed by atoms with Gasteiger partial charge in [-0.1, -0.05) is 121 Å². The van der Waals surface area contributed by atoms with Gasteiger partial charge in [0.05, 0.1) is 0 Å². The summed E-state index contributed by atoms with van der Waals surface area (Å²) in [6, 6.07) is 0. The predicted molar refractivity (Wildman–Crippen MR) is 166 cm³/mol. The molecule has 0 aliphatic rings. The first-order chi connectivity index (χ1) is 16.2. The summed E-state index contributed by atoms with van der Waals surface area (Å²) in [7, 11) is 0. The Morgan fingerprint density at radius 3 is 1.81 bits per heavy atom. The van der Waals surface area contributed by atoms with Crippen molar-refractivity contribution >= 4 is 0 Å². The maximum absolute atomic E-state index is 7.34. The van der Waals surface area contributed by atoms with Crippen LogP contribution in [0, 0.1) is 45.8 Å². The number of allylic oxidation sites excluding steroid dienone is 2. The third-order valence-corrected chi connectivity index (χ3v) is 8.68. The van der Waals surface area contributed by atoms with Crippen LogP contribution in [0.3, 0.4) is 0 Å². The van der Waals surface area contributed by atoms with E-state index in [-0.39, 0.29) is 11.0 Å². The van der Waals surface area contributed by atoms with Crippen LogP contribution in [0.25, 0.3) is 0 Å². The molecule has 0 aromatic rings. The van der Waals surface area contributed by atoms with Crippen molar-refractivity contribution in [3.05, 3.63) is 12.2 Å². The summed E-state index contributed by atoms with van der Waals surface area (Å²) in [6.07, 6.45) is 17.5. The monoisotopic (exact) mass is 506 g/mol. The van der Waals surface area contributed by atoms with Gasteiger partial charge in [-0.2, -0.15) is 0 Å². The largest absolute Gasteiger partial charge is 0.325 e. The van der Waals surface area contributed by atoms with Gasteiger partial charge in [-0.25, -0.2) is 0 Å². The molecule has 0 aliphatic carbocycles. The first kappa shape index (κ1) is 35.7. The van der Waals surface area contributed by atoms with Crippen molar-refractivity contribution in [1.82, 2.24) is 0 Å². The molecule has 0 rings (SSSR count). The molecular weight excluding hydrogens is 434 g/mol. The Morgan fingerprint density at radius 1 is 0.722 bits per heavy atom. The van der Waals surface area contributed by atoms with Crippen LogP contribution in [0.4, 0.5) is 0 Å². The van der Waals surface area contributed by atoms with Crippen LogP contribution in [0.5, 0.6) is 0 Å². The number of hydrogen-bond donors (Lipinski definition) is 1. The van der Waals surface area contributed by atoms with Gasteiger partial charge in [0.2, 0.25) is 0 Å². The van der Waals surface area contributed by atoms with E-state index in [9.17, 15) is 0 Å². The molecule has 0 aromatic carbocycles. The van der Waals surface area contributed by atoms with Crippen LogP contribution in [0.15, 0.2) is 12.2 Å². The first-order valence-electron chi connectivity index (χ1n) is 15.7. The molecule has 216 valence electrons. The Morgan fingerprint density at radius 2 is 1.31 bits per heavy atom. The van der Waals surface area contributed by atoms with Crippen LogP contribution >= 0.6 is 0 Å². The van der Waals surface area contributed by atoms with Crippen LogP contribution in [-0.4, -0.2) is 5.54 Å². The third kappa shape index (κ3) is 15.8. The van der Waals surface area contributed by atoms with Gasteiger partial charge in [0.1, 0.15) is 0 Å². The molecule has 2 N–H and O–H groups in total.